The Kier molecular flexibility index (Phi) is 25.5. The van der Waals surface area contributed by atoms with Crippen LogP contribution < -0.4 is 9.80 Å². The summed E-state index contributed by atoms with van der Waals surface area (Å²) in [6.45, 7) is 38.7. The van der Waals surface area contributed by atoms with E-state index in [0.717, 1.165) is 59.6 Å². The van der Waals surface area contributed by atoms with Gasteiger partial charge in [0.05, 0.1) is 92.1 Å². The van der Waals surface area contributed by atoms with E-state index in [1.165, 1.54) is 233 Å². The highest BCUT2D eigenvalue weighted by Gasteiger charge is 2.53. The molecule has 9 rings (SSSR count). The van der Waals surface area contributed by atoms with Crippen LogP contribution in [0.1, 0.15) is 261 Å². The zero-order valence-electron chi connectivity index (χ0n) is 55.8. The molecule has 0 radical (unpaired) electrons. The molecule has 13 atom stereocenters. The van der Waals surface area contributed by atoms with Crippen LogP contribution in [0.25, 0.3) is 0 Å². The number of likely N-dealkylation sites (tertiary alicyclic amines) is 4. The van der Waals surface area contributed by atoms with Crippen molar-refractivity contribution in [1.82, 2.24) is 0 Å². The second kappa shape index (κ2) is 30.4. The number of fused-ring (bicyclic) bond motifs is 3. The summed E-state index contributed by atoms with van der Waals surface area (Å²) in [5.74, 6) is 7.18. The second-order valence-corrected chi connectivity index (χ2v) is 33.1. The minimum Gasteiger partial charge on any atom is -0.337 e. The summed E-state index contributed by atoms with van der Waals surface area (Å²) in [5.41, 5.74) is 4.69. The SMILES string of the molecule is CC(C)(C)CCCC1C[N+](C)(C)C2CCCCC12.CCC[N+]1(CC)CC(CCCC(C)(C)c2ccccc2)C2CCCCC21.C[NH+]1CC(CCCC(C)(C)C)C2CCCCC21.C[NH+]1CCC(CCCC(C)(C)c2ccccc2)C1. The van der Waals surface area contributed by atoms with E-state index in [4.69, 9.17) is 0 Å². The predicted molar refractivity (Wildman–Crippen MR) is 345 cm³/mol. The van der Waals surface area contributed by atoms with Crippen molar-refractivity contribution in [2.24, 2.45) is 52.3 Å². The maximum Gasteiger partial charge on any atom is 0.0923 e. The van der Waals surface area contributed by atoms with Crippen molar-refractivity contribution in [3.8, 4) is 0 Å². The van der Waals surface area contributed by atoms with Crippen LogP contribution in [0.5, 0.6) is 0 Å². The Hall–Kier alpha value is -1.72. The highest BCUT2D eigenvalue weighted by Crippen LogP contribution is 2.48. The number of hydrogen-bond donors (Lipinski definition) is 2. The normalized spacial score (nSPS) is 32.3. The first-order valence-corrected chi connectivity index (χ1v) is 34.8. The van der Waals surface area contributed by atoms with Crippen molar-refractivity contribution < 1.29 is 18.8 Å². The summed E-state index contributed by atoms with van der Waals surface area (Å²) in [4.78, 5) is 3.57. The lowest BCUT2D eigenvalue weighted by atomic mass is 9.75. The van der Waals surface area contributed by atoms with E-state index in [-0.39, 0.29) is 0 Å². The van der Waals surface area contributed by atoms with E-state index in [2.05, 4.69) is 172 Å². The average Bonchev–Trinajstić information content (AvgIpc) is 4.14. The summed E-state index contributed by atoms with van der Waals surface area (Å²) < 4.78 is 2.76. The summed E-state index contributed by atoms with van der Waals surface area (Å²) in [6, 6.07) is 25.1. The van der Waals surface area contributed by atoms with Gasteiger partial charge in [-0.15, -0.1) is 0 Å². The fourth-order valence-corrected chi connectivity index (χ4v) is 18.6. The minimum absolute atomic E-state index is 0.311. The third-order valence-electron chi connectivity index (χ3n) is 23.1. The number of hydrogen-bond acceptors (Lipinski definition) is 0. The van der Waals surface area contributed by atoms with Crippen LogP contribution in [-0.2, 0) is 10.8 Å². The van der Waals surface area contributed by atoms with Crippen LogP contribution in [0.4, 0.5) is 0 Å². The smallest absolute Gasteiger partial charge is 0.0923 e. The number of quaternary nitrogens is 4. The van der Waals surface area contributed by atoms with Crippen molar-refractivity contribution in [3.05, 3.63) is 71.8 Å². The molecule has 2 aromatic carbocycles. The van der Waals surface area contributed by atoms with Gasteiger partial charge in [-0.25, -0.2) is 0 Å². The number of rotatable bonds is 19. The maximum absolute atomic E-state index is 2.48. The average molecular weight is 1090 g/mol. The van der Waals surface area contributed by atoms with Gasteiger partial charge in [-0.2, -0.15) is 0 Å². The van der Waals surface area contributed by atoms with Gasteiger partial charge in [-0.05, 0) is 155 Å². The molecule has 4 heterocycles. The zero-order valence-corrected chi connectivity index (χ0v) is 55.8. The third-order valence-corrected chi connectivity index (χ3v) is 23.1. The highest BCUT2D eigenvalue weighted by atomic mass is 15.4. The fourth-order valence-electron chi connectivity index (χ4n) is 18.6. The Morgan fingerprint density at radius 1 is 0.481 bits per heavy atom. The molecule has 7 fully saturated rings. The first-order chi connectivity index (χ1) is 37.4. The van der Waals surface area contributed by atoms with Crippen LogP contribution >= 0.6 is 0 Å². The zero-order chi connectivity index (χ0) is 57.5. The molecule has 2 N–H and O–H groups in total. The molecule has 4 nitrogen and oxygen atoms in total. The fraction of sp³-hybridized carbons (Fsp3) is 0.840. The van der Waals surface area contributed by atoms with Crippen molar-refractivity contribution in [2.45, 2.75) is 279 Å². The Morgan fingerprint density at radius 3 is 1.44 bits per heavy atom. The molecular formula is C75H136N4+4. The van der Waals surface area contributed by atoms with Crippen molar-refractivity contribution >= 4 is 0 Å². The van der Waals surface area contributed by atoms with Gasteiger partial charge in [0.15, 0.2) is 0 Å². The summed E-state index contributed by atoms with van der Waals surface area (Å²) in [5, 5.41) is 0. The molecule has 3 saturated carbocycles. The van der Waals surface area contributed by atoms with E-state index in [1.54, 1.807) is 4.90 Å². The largest absolute Gasteiger partial charge is 0.337 e. The standard InChI is InChI=1S/C25H42N.C17H34N.C17H27N.C16H31N/c1-5-19-26(6-2)20-21(23-16-10-11-17-24(23)26)13-12-18-25(3,4)22-14-8-7-9-15-22;1-17(2,3)12-8-9-14-13-18(4,5)16-11-7-6-10-15(14)16;1-17(2,16-9-5-4-6-10-16)12-7-8-15-11-13-18(3)14-15;1-16(2,3)11-7-8-13-12-17(4)15-10-6-5-9-14(13)15/h7-9,14-15,21,23-24H,5-6,10-13,16-20H2,1-4H3;14-16H,6-13H2,1-5H3;4-6,9-10,15H,7-8,11-14H2,1-3H3;13-15H,5-12H2,1-4H3/q2*+1;;/p+2. The number of benzene rings is 2. The topological polar surface area (TPSA) is 8.88 Å². The molecule has 3 aliphatic carbocycles. The van der Waals surface area contributed by atoms with Crippen LogP contribution in [0.2, 0.25) is 0 Å². The second-order valence-electron chi connectivity index (χ2n) is 33.1. The van der Waals surface area contributed by atoms with Gasteiger partial charge >= 0.3 is 0 Å². The maximum atomic E-state index is 2.48. The highest BCUT2D eigenvalue weighted by molar-refractivity contribution is 5.24. The van der Waals surface area contributed by atoms with Gasteiger partial charge in [0.25, 0.3) is 0 Å². The molecule has 4 heteroatoms. The van der Waals surface area contributed by atoms with Gasteiger partial charge in [0.2, 0.25) is 0 Å². The van der Waals surface area contributed by atoms with Gasteiger partial charge in [0, 0.05) is 47.8 Å². The molecule has 0 amide bonds. The summed E-state index contributed by atoms with van der Waals surface area (Å²) in [7, 11) is 9.72. The van der Waals surface area contributed by atoms with Crippen LogP contribution in [0.15, 0.2) is 60.7 Å². The molecule has 0 spiro atoms. The van der Waals surface area contributed by atoms with Gasteiger partial charge in [-0.1, -0.05) is 182 Å². The Balaban J connectivity index is 0.000000173. The van der Waals surface area contributed by atoms with E-state index in [0.29, 0.717) is 21.7 Å². The number of nitrogens with zero attached hydrogens (tertiary/aromatic N) is 2. The molecule has 0 aromatic heterocycles. The van der Waals surface area contributed by atoms with E-state index >= 15 is 0 Å². The summed E-state index contributed by atoms with van der Waals surface area (Å²) >= 11 is 0. The molecule has 4 saturated heterocycles. The summed E-state index contributed by atoms with van der Waals surface area (Å²) in [6.07, 6.45) is 37.8. The van der Waals surface area contributed by atoms with E-state index in [1.807, 2.05) is 4.90 Å². The number of nitrogens with one attached hydrogen (secondary N) is 2. The first-order valence-electron chi connectivity index (χ1n) is 34.8. The lowest BCUT2D eigenvalue weighted by Gasteiger charge is -2.42. The van der Waals surface area contributed by atoms with E-state index < -0.39 is 0 Å². The van der Waals surface area contributed by atoms with E-state index in [9.17, 15) is 0 Å². The van der Waals surface area contributed by atoms with Gasteiger partial charge in [-0.3, -0.25) is 0 Å². The monoisotopic (exact) mass is 1090 g/mol. The molecule has 7 aliphatic rings. The van der Waals surface area contributed by atoms with Crippen molar-refractivity contribution in [3.63, 3.8) is 0 Å². The lowest BCUT2D eigenvalue weighted by Crippen LogP contribution is -3.11. The van der Waals surface area contributed by atoms with Gasteiger partial charge in [0.1, 0.15) is 0 Å². The van der Waals surface area contributed by atoms with Gasteiger partial charge < -0.3 is 18.8 Å². The Morgan fingerprint density at radius 2 is 0.937 bits per heavy atom. The molecule has 2 aromatic rings. The van der Waals surface area contributed by atoms with Crippen LogP contribution in [-0.4, -0.2) is 101 Å². The Labute approximate surface area is 493 Å². The predicted octanol–water partition coefficient (Wildman–Crippen LogP) is 16.6. The minimum atomic E-state index is 0.311. The van der Waals surface area contributed by atoms with Crippen molar-refractivity contribution in [1.29, 1.82) is 0 Å². The Bertz CT molecular complexity index is 1970. The molecular weight excluding hydrogens is 957 g/mol. The lowest BCUT2D eigenvalue weighted by molar-refractivity contribution is -0.941. The molecule has 4 aliphatic heterocycles. The molecule has 452 valence electrons. The molecule has 0 bridgehead atoms. The first kappa shape index (κ1) is 66.4. The van der Waals surface area contributed by atoms with Crippen LogP contribution in [0.3, 0.4) is 0 Å². The van der Waals surface area contributed by atoms with Crippen LogP contribution in [0, 0.1) is 52.3 Å². The third kappa shape index (κ3) is 19.9. The molecule has 79 heavy (non-hydrogen) atoms. The molecule has 13 unspecified atom stereocenters. The van der Waals surface area contributed by atoms with Crippen molar-refractivity contribution in [2.75, 3.05) is 74.0 Å². The quantitative estimate of drug-likeness (QED) is 0.130.